The van der Waals surface area contributed by atoms with E-state index in [0.717, 1.165) is 6.42 Å². The summed E-state index contributed by atoms with van der Waals surface area (Å²) in [5, 5.41) is 9.03. The first-order valence-corrected chi connectivity index (χ1v) is 7.45. The van der Waals surface area contributed by atoms with E-state index in [0.29, 0.717) is 23.1 Å². The fourth-order valence-electron chi connectivity index (χ4n) is 1.44. The summed E-state index contributed by atoms with van der Waals surface area (Å²) in [7, 11) is 0. The minimum atomic E-state index is -0.299. The third-order valence-electron chi connectivity index (χ3n) is 2.40. The summed E-state index contributed by atoms with van der Waals surface area (Å²) in [6, 6.07) is 0. The molecule has 2 amide bonds. The van der Waals surface area contributed by atoms with Crippen molar-refractivity contribution < 1.29 is 9.59 Å². The highest BCUT2D eigenvalue weighted by atomic mass is 32.1. The molecule has 0 atom stereocenters. The van der Waals surface area contributed by atoms with Crippen molar-refractivity contribution in [3.63, 3.8) is 0 Å². The largest absolute Gasteiger partial charge is 0.382 e. The number of nitrogens with two attached hydrogens (primary N) is 1. The van der Waals surface area contributed by atoms with Crippen LogP contribution >= 0.6 is 11.3 Å². The van der Waals surface area contributed by atoms with Crippen molar-refractivity contribution in [2.45, 2.75) is 26.7 Å². The summed E-state index contributed by atoms with van der Waals surface area (Å²) in [5.41, 5.74) is 5.69. The van der Waals surface area contributed by atoms with Gasteiger partial charge < -0.3 is 21.7 Å². The van der Waals surface area contributed by atoms with E-state index in [1.165, 1.54) is 11.3 Å². The lowest BCUT2D eigenvalue weighted by molar-refractivity contribution is -0.120. The number of anilines is 2. The highest BCUT2D eigenvalue weighted by molar-refractivity contribution is 7.18. The molecule has 0 aliphatic heterocycles. The van der Waals surface area contributed by atoms with Crippen LogP contribution < -0.4 is 21.7 Å². The highest BCUT2D eigenvalue weighted by Gasteiger charge is 2.15. The number of nitrogens with one attached hydrogen (secondary N) is 3. The van der Waals surface area contributed by atoms with Crippen LogP contribution in [0.4, 0.5) is 10.9 Å². The Bertz CT molecular complexity index is 461. The number of carbonyl (C=O) groups is 2. The van der Waals surface area contributed by atoms with Gasteiger partial charge in [0.1, 0.15) is 10.7 Å². The van der Waals surface area contributed by atoms with Gasteiger partial charge in [0.05, 0.1) is 0 Å². The molecule has 0 aliphatic carbocycles. The van der Waals surface area contributed by atoms with Crippen molar-refractivity contribution in [3.05, 3.63) is 4.88 Å². The first-order chi connectivity index (χ1) is 9.58. The molecule has 20 heavy (non-hydrogen) atoms. The average molecular weight is 299 g/mol. The maximum atomic E-state index is 11.9. The minimum Gasteiger partial charge on any atom is -0.382 e. The normalized spacial score (nSPS) is 10.1. The lowest BCUT2D eigenvalue weighted by Gasteiger charge is -2.04. The first-order valence-electron chi connectivity index (χ1n) is 6.63. The molecule has 0 spiro atoms. The molecule has 7 nitrogen and oxygen atoms in total. The van der Waals surface area contributed by atoms with Gasteiger partial charge in [0.15, 0.2) is 5.13 Å². The van der Waals surface area contributed by atoms with Gasteiger partial charge in [0.25, 0.3) is 5.91 Å². The van der Waals surface area contributed by atoms with E-state index in [4.69, 9.17) is 5.73 Å². The fourth-order valence-corrected chi connectivity index (χ4v) is 2.31. The predicted octanol–water partition coefficient (Wildman–Crippen LogP) is 0.803. The van der Waals surface area contributed by atoms with Crippen LogP contribution in [0.3, 0.4) is 0 Å². The number of nitrogens with zero attached hydrogens (tertiary/aromatic N) is 1. The third-order valence-corrected chi connectivity index (χ3v) is 3.43. The summed E-state index contributed by atoms with van der Waals surface area (Å²) in [5.74, 6) is -0.163. The number of hydrogen-bond acceptors (Lipinski definition) is 6. The van der Waals surface area contributed by atoms with Crippen LogP contribution in [0.5, 0.6) is 0 Å². The van der Waals surface area contributed by atoms with E-state index in [1.807, 2.05) is 13.8 Å². The Balaban J connectivity index is 2.41. The number of aromatic nitrogens is 1. The second-order valence-corrected chi connectivity index (χ2v) is 5.12. The number of hydrogen-bond donors (Lipinski definition) is 4. The average Bonchev–Trinajstić information content (AvgIpc) is 2.77. The van der Waals surface area contributed by atoms with Gasteiger partial charge in [-0.1, -0.05) is 18.3 Å². The van der Waals surface area contributed by atoms with Crippen LogP contribution in [-0.2, 0) is 4.79 Å². The van der Waals surface area contributed by atoms with Crippen LogP contribution in [0.2, 0.25) is 0 Å². The molecule has 0 radical (unpaired) electrons. The predicted molar refractivity (Wildman–Crippen MR) is 80.9 cm³/mol. The Kier molecular flexibility index (Phi) is 6.78. The Morgan fingerprint density at radius 1 is 1.25 bits per heavy atom. The molecule has 1 heterocycles. The molecule has 0 fully saturated rings. The van der Waals surface area contributed by atoms with Crippen LogP contribution in [0.15, 0.2) is 0 Å². The second kappa shape index (κ2) is 8.36. The summed E-state index contributed by atoms with van der Waals surface area (Å²) < 4.78 is 0. The quantitative estimate of drug-likeness (QED) is 0.568. The zero-order chi connectivity index (χ0) is 15.0. The molecule has 1 aromatic rings. The molecule has 0 unspecified atom stereocenters. The van der Waals surface area contributed by atoms with Gasteiger partial charge >= 0.3 is 0 Å². The van der Waals surface area contributed by atoms with Gasteiger partial charge in [0, 0.05) is 26.1 Å². The van der Waals surface area contributed by atoms with Crippen molar-refractivity contribution in [3.8, 4) is 0 Å². The monoisotopic (exact) mass is 299 g/mol. The standard InChI is InChI=1S/C12H21N5O2S/c1-3-6-15-8(18)5-7-16-11(19)9-10(13)17-12(20-9)14-4-2/h3-7,13H2,1-2H3,(H,14,17)(H,15,18)(H,16,19). The van der Waals surface area contributed by atoms with Gasteiger partial charge in [-0.15, -0.1) is 0 Å². The number of carbonyl (C=O) groups excluding carboxylic acids is 2. The van der Waals surface area contributed by atoms with E-state index < -0.39 is 0 Å². The third kappa shape index (κ3) is 5.04. The lowest BCUT2D eigenvalue weighted by Crippen LogP contribution is -2.31. The molecule has 0 aromatic carbocycles. The first kappa shape index (κ1) is 16.2. The zero-order valence-corrected chi connectivity index (χ0v) is 12.6. The SMILES string of the molecule is CCCNC(=O)CCNC(=O)c1sc(NCC)nc1N. The number of amides is 2. The van der Waals surface area contributed by atoms with Crippen LogP contribution in [0, 0.1) is 0 Å². The molecule has 1 aromatic heterocycles. The fraction of sp³-hybridized carbons (Fsp3) is 0.583. The Morgan fingerprint density at radius 3 is 2.65 bits per heavy atom. The molecular formula is C12H21N5O2S. The molecule has 0 aliphatic rings. The molecule has 1 rings (SSSR count). The van der Waals surface area contributed by atoms with Gasteiger partial charge in [0.2, 0.25) is 5.91 Å². The molecule has 0 saturated carbocycles. The molecule has 5 N–H and O–H groups in total. The molecular weight excluding hydrogens is 278 g/mol. The van der Waals surface area contributed by atoms with Gasteiger partial charge in [-0.3, -0.25) is 9.59 Å². The Morgan fingerprint density at radius 2 is 2.00 bits per heavy atom. The minimum absolute atomic E-state index is 0.0715. The Labute approximate surface area is 122 Å². The zero-order valence-electron chi connectivity index (χ0n) is 11.8. The van der Waals surface area contributed by atoms with Crippen LogP contribution in [0.25, 0.3) is 0 Å². The maximum Gasteiger partial charge on any atom is 0.265 e. The van der Waals surface area contributed by atoms with E-state index in [-0.39, 0.29) is 30.6 Å². The maximum absolute atomic E-state index is 11.9. The summed E-state index contributed by atoms with van der Waals surface area (Å²) in [6.07, 6.45) is 1.15. The van der Waals surface area contributed by atoms with Crippen molar-refractivity contribution in [2.75, 3.05) is 30.7 Å². The topological polar surface area (TPSA) is 109 Å². The van der Waals surface area contributed by atoms with Gasteiger partial charge in [-0.25, -0.2) is 4.98 Å². The van der Waals surface area contributed by atoms with Crippen molar-refractivity contribution in [1.82, 2.24) is 15.6 Å². The highest BCUT2D eigenvalue weighted by Crippen LogP contribution is 2.24. The van der Waals surface area contributed by atoms with E-state index in [2.05, 4.69) is 20.9 Å². The second-order valence-electron chi connectivity index (χ2n) is 4.12. The van der Waals surface area contributed by atoms with Crippen molar-refractivity contribution in [2.24, 2.45) is 0 Å². The molecule has 0 saturated heterocycles. The summed E-state index contributed by atoms with van der Waals surface area (Å²) in [6.45, 7) is 5.57. The number of rotatable bonds is 8. The molecule has 0 bridgehead atoms. The van der Waals surface area contributed by atoms with Crippen LogP contribution in [-0.4, -0.2) is 36.4 Å². The van der Waals surface area contributed by atoms with Crippen LogP contribution in [0.1, 0.15) is 36.4 Å². The summed E-state index contributed by atoms with van der Waals surface area (Å²) in [4.78, 5) is 27.7. The number of thiazole rings is 1. The number of nitrogen functional groups attached to an aromatic ring is 1. The van der Waals surface area contributed by atoms with Crippen molar-refractivity contribution >= 4 is 34.1 Å². The smallest absolute Gasteiger partial charge is 0.265 e. The Hall–Kier alpha value is -1.83. The van der Waals surface area contributed by atoms with E-state index >= 15 is 0 Å². The molecule has 8 heteroatoms. The summed E-state index contributed by atoms with van der Waals surface area (Å²) >= 11 is 1.21. The molecule has 112 valence electrons. The lowest BCUT2D eigenvalue weighted by atomic mass is 10.3. The van der Waals surface area contributed by atoms with Gasteiger partial charge in [-0.2, -0.15) is 0 Å². The van der Waals surface area contributed by atoms with Gasteiger partial charge in [-0.05, 0) is 13.3 Å². The van der Waals surface area contributed by atoms with E-state index in [1.54, 1.807) is 0 Å². The van der Waals surface area contributed by atoms with E-state index in [9.17, 15) is 9.59 Å². The van der Waals surface area contributed by atoms with Crippen molar-refractivity contribution in [1.29, 1.82) is 0 Å².